The average molecular weight is 357 g/mol. The van der Waals surface area contributed by atoms with Crippen molar-refractivity contribution in [3.8, 4) is 10.8 Å². The molecule has 6 nitrogen and oxygen atoms in total. The van der Waals surface area contributed by atoms with Crippen LogP contribution < -0.4 is 4.72 Å². The molecule has 0 bridgehead atoms. The minimum Gasteiger partial charge on any atom is -0.333 e. The number of hydrogen-bond acceptors (Lipinski definition) is 6. The van der Waals surface area contributed by atoms with Crippen LogP contribution in [0.4, 0.5) is 14.5 Å². The molecule has 1 aromatic carbocycles. The summed E-state index contributed by atoms with van der Waals surface area (Å²) < 4.78 is 58.4. The highest BCUT2D eigenvalue weighted by molar-refractivity contribution is 7.92. The molecule has 2 aromatic heterocycles. The first kappa shape index (κ1) is 15.6. The molecule has 0 saturated heterocycles. The second kappa shape index (κ2) is 5.70. The number of hydrogen-bond donors (Lipinski definition) is 1. The number of aryl methyl sites for hydroxylation is 1. The number of halogens is 2. The van der Waals surface area contributed by atoms with Gasteiger partial charge in [-0.05, 0) is 30.5 Å². The van der Waals surface area contributed by atoms with E-state index in [1.165, 1.54) is 17.4 Å². The summed E-state index contributed by atoms with van der Waals surface area (Å²) in [7, 11) is -4.23. The van der Waals surface area contributed by atoms with Gasteiger partial charge in [0.2, 0.25) is 0 Å². The Labute approximate surface area is 133 Å². The van der Waals surface area contributed by atoms with Crippen LogP contribution in [0.15, 0.2) is 39.1 Å². The fraction of sp³-hybridized carbons (Fsp3) is 0.0769. The number of sulfonamides is 1. The van der Waals surface area contributed by atoms with E-state index >= 15 is 0 Å². The Bertz CT molecular complexity index is 967. The number of nitrogens with one attached hydrogen (secondary N) is 1. The standard InChI is InChI=1S/C13H9F2N3O3S2/c1-7-16-13(21-17-7)12-10(4-5-22-12)18-23(19,20)11-3-2-8(14)6-9(11)15/h2-6,18H,1H3. The molecule has 0 saturated carbocycles. The summed E-state index contributed by atoms with van der Waals surface area (Å²) in [6.07, 6.45) is 0. The monoisotopic (exact) mass is 357 g/mol. The molecule has 0 atom stereocenters. The quantitative estimate of drug-likeness (QED) is 0.775. The molecule has 0 aliphatic rings. The van der Waals surface area contributed by atoms with Crippen molar-refractivity contribution in [3.63, 3.8) is 0 Å². The van der Waals surface area contributed by atoms with Crippen LogP contribution in [0.1, 0.15) is 5.82 Å². The van der Waals surface area contributed by atoms with E-state index in [4.69, 9.17) is 4.52 Å². The Morgan fingerprint density at radius 2 is 2.04 bits per heavy atom. The number of anilines is 1. The van der Waals surface area contributed by atoms with E-state index in [1.807, 2.05) is 0 Å². The lowest BCUT2D eigenvalue weighted by molar-refractivity contribution is 0.426. The van der Waals surface area contributed by atoms with Crippen molar-refractivity contribution < 1.29 is 21.7 Å². The summed E-state index contributed by atoms with van der Waals surface area (Å²) in [5.74, 6) is -1.50. The summed E-state index contributed by atoms with van der Waals surface area (Å²) >= 11 is 1.18. The molecule has 0 fully saturated rings. The molecule has 0 unspecified atom stereocenters. The Kier molecular flexibility index (Phi) is 3.86. The van der Waals surface area contributed by atoms with Crippen molar-refractivity contribution in [2.75, 3.05) is 4.72 Å². The Balaban J connectivity index is 1.97. The van der Waals surface area contributed by atoms with Crippen molar-refractivity contribution in [2.24, 2.45) is 0 Å². The molecule has 0 amide bonds. The fourth-order valence-corrected chi connectivity index (χ4v) is 3.80. The topological polar surface area (TPSA) is 85.1 Å². The third kappa shape index (κ3) is 3.08. The highest BCUT2D eigenvalue weighted by Crippen LogP contribution is 2.34. The highest BCUT2D eigenvalue weighted by atomic mass is 32.2. The molecule has 0 aliphatic carbocycles. The van der Waals surface area contributed by atoms with Gasteiger partial charge in [0.25, 0.3) is 15.9 Å². The van der Waals surface area contributed by atoms with Crippen LogP contribution in [0, 0.1) is 18.6 Å². The second-order valence-electron chi connectivity index (χ2n) is 4.49. The zero-order valence-corrected chi connectivity index (χ0v) is 13.2. The highest BCUT2D eigenvalue weighted by Gasteiger charge is 2.23. The summed E-state index contributed by atoms with van der Waals surface area (Å²) in [5.41, 5.74) is 0.169. The van der Waals surface area contributed by atoms with Crippen LogP contribution in [0.3, 0.4) is 0 Å². The lowest BCUT2D eigenvalue weighted by atomic mass is 10.3. The van der Waals surface area contributed by atoms with E-state index in [0.29, 0.717) is 16.8 Å². The van der Waals surface area contributed by atoms with E-state index < -0.39 is 26.6 Å². The van der Waals surface area contributed by atoms with Crippen molar-refractivity contribution in [1.82, 2.24) is 10.1 Å². The van der Waals surface area contributed by atoms with Gasteiger partial charge in [0.05, 0.1) is 5.69 Å². The number of benzene rings is 1. The molecule has 120 valence electrons. The normalized spacial score (nSPS) is 11.6. The minimum atomic E-state index is -4.23. The maximum absolute atomic E-state index is 13.7. The van der Waals surface area contributed by atoms with Gasteiger partial charge in [0, 0.05) is 6.07 Å². The molecule has 3 rings (SSSR count). The van der Waals surface area contributed by atoms with Crippen molar-refractivity contribution in [1.29, 1.82) is 0 Å². The van der Waals surface area contributed by atoms with E-state index in [1.54, 1.807) is 12.3 Å². The number of thiophene rings is 1. The zero-order valence-electron chi connectivity index (χ0n) is 11.6. The summed E-state index contributed by atoms with van der Waals surface area (Å²) in [4.78, 5) is 3.76. The summed E-state index contributed by atoms with van der Waals surface area (Å²) in [6, 6.07) is 3.71. The smallest absolute Gasteiger partial charge is 0.270 e. The molecular weight excluding hydrogens is 348 g/mol. The fourth-order valence-electron chi connectivity index (χ4n) is 1.84. The molecule has 0 radical (unpaired) electrons. The maximum atomic E-state index is 13.7. The van der Waals surface area contributed by atoms with Gasteiger partial charge < -0.3 is 4.52 Å². The van der Waals surface area contributed by atoms with E-state index in [0.717, 1.165) is 12.1 Å². The van der Waals surface area contributed by atoms with Gasteiger partial charge in [-0.25, -0.2) is 17.2 Å². The van der Waals surface area contributed by atoms with Crippen molar-refractivity contribution in [3.05, 3.63) is 47.1 Å². The zero-order chi connectivity index (χ0) is 16.6. The molecule has 2 heterocycles. The SMILES string of the molecule is Cc1noc(-c2sccc2NS(=O)(=O)c2ccc(F)cc2F)n1. The van der Waals surface area contributed by atoms with Crippen LogP contribution >= 0.6 is 11.3 Å². The number of aromatic nitrogens is 2. The first-order chi connectivity index (χ1) is 10.9. The Morgan fingerprint density at radius 3 is 2.70 bits per heavy atom. The molecular formula is C13H9F2N3O3S2. The van der Waals surface area contributed by atoms with E-state index in [9.17, 15) is 17.2 Å². The third-order valence-corrected chi connectivity index (χ3v) is 5.12. The first-order valence-corrected chi connectivity index (χ1v) is 8.59. The largest absolute Gasteiger partial charge is 0.333 e. The average Bonchev–Trinajstić information content (AvgIpc) is 3.06. The third-order valence-electron chi connectivity index (χ3n) is 2.81. The van der Waals surface area contributed by atoms with Crippen LogP contribution in [-0.2, 0) is 10.0 Å². The van der Waals surface area contributed by atoms with Gasteiger partial charge in [-0.2, -0.15) is 4.98 Å². The molecule has 0 aliphatic heterocycles. The van der Waals surface area contributed by atoms with Gasteiger partial charge in [-0.15, -0.1) is 11.3 Å². The Hall–Kier alpha value is -2.33. The Morgan fingerprint density at radius 1 is 1.26 bits per heavy atom. The lowest BCUT2D eigenvalue weighted by Crippen LogP contribution is -2.14. The van der Waals surface area contributed by atoms with Crippen LogP contribution in [0.25, 0.3) is 10.8 Å². The first-order valence-electron chi connectivity index (χ1n) is 6.23. The molecule has 10 heteroatoms. The second-order valence-corrected chi connectivity index (χ2v) is 7.06. The molecule has 3 aromatic rings. The van der Waals surface area contributed by atoms with Crippen LogP contribution in [0.5, 0.6) is 0 Å². The molecule has 0 spiro atoms. The minimum absolute atomic E-state index is 0.148. The summed E-state index contributed by atoms with van der Waals surface area (Å²) in [5, 5.41) is 5.25. The lowest BCUT2D eigenvalue weighted by Gasteiger charge is -2.08. The predicted molar refractivity (Wildman–Crippen MR) is 79.5 cm³/mol. The van der Waals surface area contributed by atoms with Gasteiger partial charge in [-0.1, -0.05) is 5.16 Å². The maximum Gasteiger partial charge on any atom is 0.270 e. The van der Waals surface area contributed by atoms with E-state index in [-0.39, 0.29) is 11.6 Å². The van der Waals surface area contributed by atoms with Gasteiger partial charge in [0.1, 0.15) is 21.4 Å². The van der Waals surface area contributed by atoms with Crippen molar-refractivity contribution >= 4 is 27.0 Å². The van der Waals surface area contributed by atoms with E-state index in [2.05, 4.69) is 14.9 Å². The van der Waals surface area contributed by atoms with Crippen LogP contribution in [0.2, 0.25) is 0 Å². The van der Waals surface area contributed by atoms with Gasteiger partial charge >= 0.3 is 0 Å². The number of nitrogens with zero attached hydrogens (tertiary/aromatic N) is 2. The molecule has 23 heavy (non-hydrogen) atoms. The van der Waals surface area contributed by atoms with Gasteiger partial charge in [0.15, 0.2) is 5.82 Å². The predicted octanol–water partition coefficient (Wildman–Crippen LogP) is 3.19. The number of rotatable bonds is 4. The van der Waals surface area contributed by atoms with Crippen molar-refractivity contribution in [2.45, 2.75) is 11.8 Å². The molecule has 1 N–H and O–H groups in total. The summed E-state index contributed by atoms with van der Waals surface area (Å²) in [6.45, 7) is 1.62. The van der Waals surface area contributed by atoms with Crippen LogP contribution in [-0.4, -0.2) is 18.6 Å². The van der Waals surface area contributed by atoms with Gasteiger partial charge in [-0.3, -0.25) is 4.72 Å².